The number of carbonyl (C=O) groups excluding carboxylic acids is 1. The van der Waals surface area contributed by atoms with Gasteiger partial charge in [0.1, 0.15) is 5.75 Å². The zero-order chi connectivity index (χ0) is 17.1. The molecule has 2 aromatic carbocycles. The first-order valence-electron chi connectivity index (χ1n) is 9.34. The number of nitrogens with zero attached hydrogens (tertiary/aromatic N) is 1. The largest absolute Gasteiger partial charge is 0.493 e. The van der Waals surface area contributed by atoms with Gasteiger partial charge in [-0.2, -0.15) is 0 Å². The lowest BCUT2D eigenvalue weighted by molar-refractivity contribution is -0.131. The number of ether oxygens (including phenoxy) is 1. The molecular weight excluding hydrogens is 310 g/mol. The average molecular weight is 335 g/mol. The summed E-state index contributed by atoms with van der Waals surface area (Å²) in [6, 6.07) is 16.9. The molecule has 1 fully saturated rings. The van der Waals surface area contributed by atoms with E-state index in [2.05, 4.69) is 36.4 Å². The molecule has 2 aliphatic rings. The van der Waals surface area contributed by atoms with Crippen molar-refractivity contribution < 1.29 is 9.53 Å². The van der Waals surface area contributed by atoms with E-state index in [1.807, 2.05) is 17.0 Å². The number of fused-ring (bicyclic) bond motifs is 1. The highest BCUT2D eigenvalue weighted by atomic mass is 16.5. The Labute approximate surface area is 149 Å². The Morgan fingerprint density at radius 3 is 2.64 bits per heavy atom. The van der Waals surface area contributed by atoms with Crippen LogP contribution in [0.2, 0.25) is 0 Å². The molecule has 3 nitrogen and oxygen atoms in total. The van der Waals surface area contributed by atoms with Gasteiger partial charge in [-0.05, 0) is 47.9 Å². The van der Waals surface area contributed by atoms with Crippen molar-refractivity contribution in [1.29, 1.82) is 0 Å². The molecule has 0 saturated carbocycles. The maximum Gasteiger partial charge on any atom is 0.226 e. The molecule has 1 saturated heterocycles. The summed E-state index contributed by atoms with van der Waals surface area (Å²) in [5.74, 6) is 1.94. The molecule has 130 valence electrons. The van der Waals surface area contributed by atoms with Gasteiger partial charge in [-0.1, -0.05) is 42.5 Å². The highest BCUT2D eigenvalue weighted by molar-refractivity contribution is 5.79. The number of carbonyl (C=O) groups is 1. The second-order valence-corrected chi connectivity index (χ2v) is 7.23. The van der Waals surface area contributed by atoms with E-state index in [-0.39, 0.29) is 5.91 Å². The summed E-state index contributed by atoms with van der Waals surface area (Å²) in [4.78, 5) is 14.7. The maximum atomic E-state index is 12.6. The first-order chi connectivity index (χ1) is 12.3. The van der Waals surface area contributed by atoms with Gasteiger partial charge in [0.15, 0.2) is 0 Å². The third kappa shape index (κ3) is 3.87. The number of benzene rings is 2. The first-order valence-corrected chi connectivity index (χ1v) is 9.34. The summed E-state index contributed by atoms with van der Waals surface area (Å²) in [5.41, 5.74) is 3.76. The molecule has 0 bridgehead atoms. The molecule has 2 heterocycles. The van der Waals surface area contributed by atoms with Gasteiger partial charge in [-0.15, -0.1) is 0 Å². The summed E-state index contributed by atoms with van der Waals surface area (Å²) >= 11 is 0. The molecule has 1 amide bonds. The molecule has 0 atom stereocenters. The lowest BCUT2D eigenvalue weighted by Gasteiger charge is -2.32. The summed E-state index contributed by atoms with van der Waals surface area (Å²) in [7, 11) is 0. The van der Waals surface area contributed by atoms with Crippen molar-refractivity contribution in [1.82, 2.24) is 4.90 Å². The topological polar surface area (TPSA) is 29.5 Å². The zero-order valence-electron chi connectivity index (χ0n) is 14.6. The van der Waals surface area contributed by atoms with E-state index in [1.165, 1.54) is 11.1 Å². The Balaban J connectivity index is 1.29. The molecule has 2 aromatic rings. The van der Waals surface area contributed by atoms with Crippen LogP contribution in [-0.4, -0.2) is 30.5 Å². The fourth-order valence-electron chi connectivity index (χ4n) is 3.97. The maximum absolute atomic E-state index is 12.6. The lowest BCUT2D eigenvalue weighted by Crippen LogP contribution is -2.39. The smallest absolute Gasteiger partial charge is 0.226 e. The van der Waals surface area contributed by atoms with Crippen molar-refractivity contribution in [2.45, 2.75) is 32.1 Å². The van der Waals surface area contributed by atoms with E-state index in [0.29, 0.717) is 12.3 Å². The number of amides is 1. The second-order valence-electron chi connectivity index (χ2n) is 7.23. The predicted octanol–water partition coefficient (Wildman–Crippen LogP) is 3.65. The van der Waals surface area contributed by atoms with E-state index in [4.69, 9.17) is 4.74 Å². The van der Waals surface area contributed by atoms with Crippen LogP contribution in [0.4, 0.5) is 0 Å². The summed E-state index contributed by atoms with van der Waals surface area (Å²) in [6.07, 6.45) is 4.82. The number of piperidine rings is 1. The quantitative estimate of drug-likeness (QED) is 0.854. The first kappa shape index (κ1) is 16.2. The Morgan fingerprint density at radius 1 is 1.04 bits per heavy atom. The summed E-state index contributed by atoms with van der Waals surface area (Å²) in [6.45, 7) is 2.55. The van der Waals surface area contributed by atoms with Gasteiger partial charge < -0.3 is 9.64 Å². The van der Waals surface area contributed by atoms with Crippen molar-refractivity contribution in [3.05, 3.63) is 65.2 Å². The molecule has 0 N–H and O–H groups in total. The Morgan fingerprint density at radius 2 is 1.84 bits per heavy atom. The third-order valence-corrected chi connectivity index (χ3v) is 5.44. The predicted molar refractivity (Wildman–Crippen MR) is 98.8 cm³/mol. The molecule has 2 aliphatic heterocycles. The minimum absolute atomic E-state index is 0.261. The van der Waals surface area contributed by atoms with Gasteiger partial charge in [-0.3, -0.25) is 4.79 Å². The molecule has 25 heavy (non-hydrogen) atoms. The molecule has 3 heteroatoms. The number of hydrogen-bond acceptors (Lipinski definition) is 2. The van der Waals surface area contributed by atoms with Crippen LogP contribution in [0.3, 0.4) is 0 Å². The second kappa shape index (κ2) is 7.30. The van der Waals surface area contributed by atoms with Gasteiger partial charge in [0.2, 0.25) is 5.91 Å². The van der Waals surface area contributed by atoms with Gasteiger partial charge in [0.05, 0.1) is 13.0 Å². The van der Waals surface area contributed by atoms with Crippen molar-refractivity contribution in [2.24, 2.45) is 5.92 Å². The third-order valence-electron chi connectivity index (χ3n) is 5.44. The molecular formula is C22H25NO2. The van der Waals surface area contributed by atoms with E-state index in [0.717, 1.165) is 56.7 Å². The van der Waals surface area contributed by atoms with Gasteiger partial charge in [0.25, 0.3) is 0 Å². The number of hydrogen-bond donors (Lipinski definition) is 0. The summed E-state index contributed by atoms with van der Waals surface area (Å²) in [5, 5.41) is 0. The highest BCUT2D eigenvalue weighted by Crippen LogP contribution is 2.27. The van der Waals surface area contributed by atoms with Crippen molar-refractivity contribution >= 4 is 5.91 Å². The molecule has 0 spiro atoms. The molecule has 0 radical (unpaired) electrons. The van der Waals surface area contributed by atoms with E-state index >= 15 is 0 Å². The van der Waals surface area contributed by atoms with Crippen molar-refractivity contribution in [3.63, 3.8) is 0 Å². The zero-order valence-corrected chi connectivity index (χ0v) is 14.6. The van der Waals surface area contributed by atoms with Crippen LogP contribution < -0.4 is 4.74 Å². The SMILES string of the molecule is O=C(Cc1ccc2c(c1)CCO2)N1CCC(Cc2ccccc2)CC1. The average Bonchev–Trinajstić information content (AvgIpc) is 3.11. The van der Waals surface area contributed by atoms with Crippen LogP contribution in [0.1, 0.15) is 29.5 Å². The standard InChI is InChI=1S/C22H25NO2/c24-22(16-19-6-7-21-20(15-19)10-13-25-21)23-11-8-18(9-12-23)14-17-4-2-1-3-5-17/h1-7,15,18H,8-14,16H2. The van der Waals surface area contributed by atoms with E-state index in [1.54, 1.807) is 0 Å². The fourth-order valence-corrected chi connectivity index (χ4v) is 3.97. The lowest BCUT2D eigenvalue weighted by atomic mass is 9.90. The molecule has 0 aliphatic carbocycles. The van der Waals surface area contributed by atoms with Crippen LogP contribution in [0.25, 0.3) is 0 Å². The van der Waals surface area contributed by atoms with Gasteiger partial charge in [-0.25, -0.2) is 0 Å². The normalized spacial score (nSPS) is 17.2. The number of rotatable bonds is 4. The number of likely N-dealkylation sites (tertiary alicyclic amines) is 1. The van der Waals surface area contributed by atoms with Crippen molar-refractivity contribution in [2.75, 3.05) is 19.7 Å². The fraction of sp³-hybridized carbons (Fsp3) is 0.409. The Hall–Kier alpha value is -2.29. The summed E-state index contributed by atoms with van der Waals surface area (Å²) < 4.78 is 5.54. The van der Waals surface area contributed by atoms with Crippen LogP contribution in [0.15, 0.2) is 48.5 Å². The molecule has 0 aromatic heterocycles. The monoisotopic (exact) mass is 335 g/mol. The van der Waals surface area contributed by atoms with Gasteiger partial charge in [0, 0.05) is 19.5 Å². The minimum atomic E-state index is 0.261. The van der Waals surface area contributed by atoms with Crippen LogP contribution in [0.5, 0.6) is 5.75 Å². The Kier molecular flexibility index (Phi) is 4.73. The molecule has 4 rings (SSSR count). The Bertz CT molecular complexity index is 733. The molecule has 0 unspecified atom stereocenters. The van der Waals surface area contributed by atoms with E-state index in [9.17, 15) is 4.79 Å². The van der Waals surface area contributed by atoms with Gasteiger partial charge >= 0.3 is 0 Å². The van der Waals surface area contributed by atoms with Crippen LogP contribution in [0, 0.1) is 5.92 Å². The highest BCUT2D eigenvalue weighted by Gasteiger charge is 2.23. The van der Waals surface area contributed by atoms with E-state index < -0.39 is 0 Å². The van der Waals surface area contributed by atoms with Crippen molar-refractivity contribution in [3.8, 4) is 5.75 Å². The van der Waals surface area contributed by atoms with Crippen LogP contribution >= 0.6 is 0 Å². The van der Waals surface area contributed by atoms with Crippen LogP contribution in [-0.2, 0) is 24.1 Å². The minimum Gasteiger partial charge on any atom is -0.493 e.